The van der Waals surface area contributed by atoms with Gasteiger partial charge in [0.15, 0.2) is 14.3 Å². The minimum atomic E-state index is -3.28. The molecular formula is C49H35NO2P2. The van der Waals surface area contributed by atoms with Gasteiger partial charge in [-0.1, -0.05) is 182 Å². The van der Waals surface area contributed by atoms with Gasteiger partial charge < -0.3 is 13.7 Å². The zero-order valence-corrected chi connectivity index (χ0v) is 31.2. The molecule has 1 aliphatic rings. The molecule has 0 amide bonds. The van der Waals surface area contributed by atoms with Crippen LogP contribution >= 0.6 is 14.3 Å². The molecule has 0 saturated heterocycles. The molecule has 8 aromatic carbocycles. The van der Waals surface area contributed by atoms with Crippen LogP contribution < -0.4 is 31.8 Å². The minimum Gasteiger partial charge on any atom is -0.329 e. The molecule has 0 N–H and O–H groups in total. The van der Waals surface area contributed by atoms with Crippen molar-refractivity contribution in [1.29, 1.82) is 0 Å². The van der Waals surface area contributed by atoms with E-state index in [1.165, 1.54) is 10.8 Å². The van der Waals surface area contributed by atoms with Crippen molar-refractivity contribution in [3.63, 3.8) is 0 Å². The van der Waals surface area contributed by atoms with Crippen LogP contribution in [0.25, 0.3) is 32.9 Å². The molecule has 3 nitrogen and oxygen atoms in total. The van der Waals surface area contributed by atoms with Crippen molar-refractivity contribution < 1.29 is 9.13 Å². The summed E-state index contributed by atoms with van der Waals surface area (Å²) in [5, 5.41) is 7.11. The van der Waals surface area contributed by atoms with Crippen molar-refractivity contribution in [3.8, 4) is 11.1 Å². The third kappa shape index (κ3) is 4.90. The molecule has 0 aliphatic heterocycles. The second kappa shape index (κ2) is 12.9. The number of fused-ring (bicyclic) bond motifs is 6. The Morgan fingerprint density at radius 3 is 1.00 bits per heavy atom. The average molecular weight is 732 g/mol. The normalized spacial score (nSPS) is 12.9. The molecule has 0 atom stereocenters. The van der Waals surface area contributed by atoms with Crippen molar-refractivity contribution in [1.82, 2.24) is 4.57 Å². The van der Waals surface area contributed by atoms with Crippen molar-refractivity contribution in [2.45, 2.75) is 6.04 Å². The Hall–Kier alpha value is -5.98. The summed E-state index contributed by atoms with van der Waals surface area (Å²) in [5.41, 5.74) is 6.56. The fourth-order valence-electron chi connectivity index (χ4n) is 8.55. The molecule has 258 valence electrons. The Kier molecular flexibility index (Phi) is 7.77. The van der Waals surface area contributed by atoms with Gasteiger partial charge in [-0.2, -0.15) is 0 Å². The molecule has 1 aromatic heterocycles. The Balaban J connectivity index is 1.27. The SMILES string of the molecule is O=P(c1ccccc1)(c1ccccc1)c1ccc2c(c1)-c1cc(P(=O)(c3ccccc3)c3ccccc3)ccc1C2n1c2ccccc2c2ccccc21. The quantitative estimate of drug-likeness (QED) is 0.153. The number of aromatic nitrogens is 1. The topological polar surface area (TPSA) is 39.1 Å². The van der Waals surface area contributed by atoms with Gasteiger partial charge in [-0.15, -0.1) is 0 Å². The Bertz CT molecular complexity index is 2650. The van der Waals surface area contributed by atoms with Crippen LogP contribution in [0.2, 0.25) is 0 Å². The van der Waals surface area contributed by atoms with Gasteiger partial charge in [0, 0.05) is 53.6 Å². The van der Waals surface area contributed by atoms with E-state index < -0.39 is 14.3 Å². The lowest BCUT2D eigenvalue weighted by Gasteiger charge is -2.22. The molecule has 5 heteroatoms. The van der Waals surface area contributed by atoms with Crippen molar-refractivity contribution >= 4 is 67.9 Å². The molecule has 9 aromatic rings. The van der Waals surface area contributed by atoms with E-state index in [2.05, 4.69) is 89.5 Å². The molecule has 0 unspecified atom stereocenters. The van der Waals surface area contributed by atoms with E-state index in [4.69, 9.17) is 0 Å². The molecule has 0 bridgehead atoms. The van der Waals surface area contributed by atoms with Crippen LogP contribution in [0.4, 0.5) is 0 Å². The van der Waals surface area contributed by atoms with Crippen molar-refractivity contribution in [2.24, 2.45) is 0 Å². The Labute approximate surface area is 314 Å². The van der Waals surface area contributed by atoms with E-state index >= 15 is 9.13 Å². The predicted molar refractivity (Wildman–Crippen MR) is 227 cm³/mol. The third-order valence-corrected chi connectivity index (χ3v) is 17.1. The van der Waals surface area contributed by atoms with Gasteiger partial charge in [0.05, 0.1) is 6.04 Å². The molecule has 0 saturated carbocycles. The molecule has 0 fully saturated rings. The highest BCUT2D eigenvalue weighted by Gasteiger charge is 2.38. The number of hydrogen-bond acceptors (Lipinski definition) is 2. The summed E-state index contributed by atoms with van der Waals surface area (Å²) >= 11 is 0. The van der Waals surface area contributed by atoms with E-state index in [0.717, 1.165) is 65.1 Å². The lowest BCUT2D eigenvalue weighted by Crippen LogP contribution is -2.25. The summed E-state index contributed by atoms with van der Waals surface area (Å²) in [6, 6.07) is 69.2. The van der Waals surface area contributed by atoms with Crippen LogP contribution in [0.5, 0.6) is 0 Å². The Morgan fingerprint density at radius 1 is 0.333 bits per heavy atom. The maximum atomic E-state index is 15.7. The van der Waals surface area contributed by atoms with Gasteiger partial charge in [0.2, 0.25) is 0 Å². The molecule has 0 radical (unpaired) electrons. The summed E-state index contributed by atoms with van der Waals surface area (Å²) < 4.78 is 33.9. The number of rotatable bonds is 7. The average Bonchev–Trinajstić information content (AvgIpc) is 3.75. The van der Waals surface area contributed by atoms with Crippen LogP contribution in [-0.4, -0.2) is 4.57 Å². The van der Waals surface area contributed by atoms with Crippen LogP contribution in [0.3, 0.4) is 0 Å². The van der Waals surface area contributed by atoms with E-state index in [1.54, 1.807) is 0 Å². The highest BCUT2D eigenvalue weighted by Crippen LogP contribution is 2.52. The number of benzene rings is 8. The van der Waals surface area contributed by atoms with E-state index in [-0.39, 0.29) is 6.04 Å². The molecule has 54 heavy (non-hydrogen) atoms. The van der Waals surface area contributed by atoms with E-state index in [9.17, 15) is 0 Å². The number of nitrogens with zero attached hydrogens (tertiary/aromatic N) is 1. The first kappa shape index (κ1) is 32.7. The van der Waals surface area contributed by atoms with E-state index in [1.807, 2.05) is 121 Å². The highest BCUT2D eigenvalue weighted by molar-refractivity contribution is 7.85. The Morgan fingerprint density at radius 2 is 0.648 bits per heavy atom. The van der Waals surface area contributed by atoms with Gasteiger partial charge in [0.25, 0.3) is 0 Å². The maximum absolute atomic E-state index is 15.7. The lowest BCUT2D eigenvalue weighted by atomic mass is 10.0. The van der Waals surface area contributed by atoms with Gasteiger partial charge in [-0.3, -0.25) is 0 Å². The lowest BCUT2D eigenvalue weighted by molar-refractivity contribution is 0.591. The standard InChI is InChI=1S/C49H35NO2P2/c51-53(35-17-5-1-6-18-35,36-19-7-2-8-20-36)39-29-31-43-45(33-39)46-34-40(54(52,37-21-9-3-10-22-37)38-23-11-4-12-24-38)30-32-44(46)49(43)50-47-27-15-13-25-41(47)42-26-14-16-28-48(42)50/h1-34,49H. The van der Waals surface area contributed by atoms with Crippen molar-refractivity contribution in [3.05, 3.63) is 217 Å². The summed E-state index contributed by atoms with van der Waals surface area (Å²) in [5.74, 6) is 0. The first-order valence-corrected chi connectivity index (χ1v) is 21.7. The zero-order chi connectivity index (χ0) is 36.3. The molecule has 1 aliphatic carbocycles. The number of hydrogen-bond donors (Lipinski definition) is 0. The second-order valence-electron chi connectivity index (χ2n) is 13.9. The minimum absolute atomic E-state index is 0.163. The molecule has 10 rings (SSSR count). The number of para-hydroxylation sites is 2. The first-order chi connectivity index (χ1) is 26.6. The summed E-state index contributed by atoms with van der Waals surface area (Å²) in [7, 11) is -6.56. The summed E-state index contributed by atoms with van der Waals surface area (Å²) in [4.78, 5) is 0. The molecular weight excluding hydrogens is 696 g/mol. The van der Waals surface area contributed by atoms with Crippen LogP contribution in [-0.2, 0) is 9.13 Å². The zero-order valence-electron chi connectivity index (χ0n) is 29.4. The summed E-state index contributed by atoms with van der Waals surface area (Å²) in [6.45, 7) is 0. The third-order valence-electron chi connectivity index (χ3n) is 11.0. The first-order valence-electron chi connectivity index (χ1n) is 18.3. The maximum Gasteiger partial charge on any atom is 0.171 e. The van der Waals surface area contributed by atoms with Gasteiger partial charge in [-0.05, 0) is 46.5 Å². The monoisotopic (exact) mass is 731 g/mol. The van der Waals surface area contributed by atoms with Crippen LogP contribution in [0.1, 0.15) is 17.2 Å². The summed E-state index contributed by atoms with van der Waals surface area (Å²) in [6.07, 6.45) is 0. The fourth-order valence-corrected chi connectivity index (χ4v) is 13.9. The van der Waals surface area contributed by atoms with Crippen molar-refractivity contribution in [2.75, 3.05) is 0 Å². The molecule has 0 spiro atoms. The van der Waals surface area contributed by atoms with Gasteiger partial charge >= 0.3 is 0 Å². The molecule has 1 heterocycles. The highest BCUT2D eigenvalue weighted by atomic mass is 31.2. The largest absolute Gasteiger partial charge is 0.329 e. The smallest absolute Gasteiger partial charge is 0.171 e. The second-order valence-corrected chi connectivity index (χ2v) is 19.4. The van der Waals surface area contributed by atoms with Gasteiger partial charge in [-0.25, -0.2) is 0 Å². The van der Waals surface area contributed by atoms with Crippen LogP contribution in [0.15, 0.2) is 206 Å². The predicted octanol–water partition coefficient (Wildman–Crippen LogP) is 9.69. The van der Waals surface area contributed by atoms with Gasteiger partial charge in [0.1, 0.15) is 0 Å². The fraction of sp³-hybridized carbons (Fsp3) is 0.0204. The van der Waals surface area contributed by atoms with E-state index in [0.29, 0.717) is 0 Å². The van der Waals surface area contributed by atoms with Crippen LogP contribution in [0, 0.1) is 0 Å².